The molecule has 0 aromatic carbocycles. The van der Waals surface area contributed by atoms with Crippen LogP contribution < -0.4 is 9.51 Å². The summed E-state index contributed by atoms with van der Waals surface area (Å²) in [5.74, 6) is -2.72. The molecule has 7 nitrogen and oxygen atoms in total. The standard InChI is InChI=1S/C14H9Cl2N3O4S/c15-4-9(20)10-12(21)19(6-7-5-17-14(16)24-7)11-8(13(22)23)2-1-3-18(10)11/h1-3,5H,4,6H2,(H-,20,21,22,23). The van der Waals surface area contributed by atoms with Gasteiger partial charge >= 0.3 is 5.88 Å². The predicted octanol–water partition coefficient (Wildman–Crippen LogP) is 0.876. The summed E-state index contributed by atoms with van der Waals surface area (Å²) < 4.78 is 2.88. The van der Waals surface area contributed by atoms with E-state index in [0.29, 0.717) is 9.34 Å². The van der Waals surface area contributed by atoms with Gasteiger partial charge in [0.15, 0.2) is 4.47 Å². The first-order valence-electron chi connectivity index (χ1n) is 6.60. The lowest BCUT2D eigenvalue weighted by atomic mass is 10.2. The third-order valence-electron chi connectivity index (χ3n) is 3.38. The Morgan fingerprint density at radius 1 is 1.46 bits per heavy atom. The topological polar surface area (TPSA) is 99.4 Å². The molecule has 0 aliphatic rings. The van der Waals surface area contributed by atoms with Crippen molar-refractivity contribution in [1.82, 2.24) is 9.55 Å². The number of rotatable bonds is 5. The zero-order valence-corrected chi connectivity index (χ0v) is 14.2. The monoisotopic (exact) mass is 385 g/mol. The number of pyridine rings is 1. The van der Waals surface area contributed by atoms with E-state index in [1.807, 2.05) is 0 Å². The molecule has 124 valence electrons. The number of hydrogen-bond acceptors (Lipinski definition) is 6. The number of carbonyl (C=O) groups excluding carboxylic acids is 2. The van der Waals surface area contributed by atoms with Crippen LogP contribution in [0.4, 0.5) is 0 Å². The molecule has 3 aromatic heterocycles. The summed E-state index contributed by atoms with van der Waals surface area (Å²) in [6.45, 7) is 0.0829. The normalized spacial score (nSPS) is 11.1. The molecule has 3 aromatic rings. The van der Waals surface area contributed by atoms with Crippen LogP contribution in [0.15, 0.2) is 24.5 Å². The molecule has 3 heterocycles. The lowest BCUT2D eigenvalue weighted by molar-refractivity contribution is -0.513. The van der Waals surface area contributed by atoms with Crippen LogP contribution in [0.1, 0.15) is 25.7 Å². The highest BCUT2D eigenvalue weighted by Gasteiger charge is 2.32. The van der Waals surface area contributed by atoms with Gasteiger partial charge in [-0.1, -0.05) is 11.6 Å². The quantitative estimate of drug-likeness (QED) is 0.399. The van der Waals surface area contributed by atoms with E-state index in [-0.39, 0.29) is 35.2 Å². The minimum absolute atomic E-state index is 0.0829. The molecule has 0 spiro atoms. The number of aromatic hydroxyl groups is 1. The molecule has 0 fully saturated rings. The van der Waals surface area contributed by atoms with Gasteiger partial charge in [-0.25, -0.2) is 4.98 Å². The van der Waals surface area contributed by atoms with Gasteiger partial charge in [0.2, 0.25) is 5.78 Å². The van der Waals surface area contributed by atoms with E-state index in [1.165, 1.54) is 44.8 Å². The Balaban J connectivity index is 2.31. The van der Waals surface area contributed by atoms with Crippen molar-refractivity contribution in [3.8, 4) is 5.88 Å². The Hall–Kier alpha value is -2.16. The van der Waals surface area contributed by atoms with Crippen LogP contribution >= 0.6 is 34.5 Å². The summed E-state index contributed by atoms with van der Waals surface area (Å²) in [5, 5.41) is 21.9. The second-order valence-electron chi connectivity index (χ2n) is 4.80. The van der Waals surface area contributed by atoms with Crippen molar-refractivity contribution in [2.24, 2.45) is 0 Å². The number of thiazole rings is 1. The molecule has 0 saturated carbocycles. The zero-order valence-electron chi connectivity index (χ0n) is 11.9. The van der Waals surface area contributed by atoms with Crippen molar-refractivity contribution in [2.45, 2.75) is 6.54 Å². The number of alkyl halides is 1. The summed E-state index contributed by atoms with van der Waals surface area (Å²) in [5.41, 5.74) is -0.163. The number of carboxylic acid groups (broad SMARTS) is 1. The lowest BCUT2D eigenvalue weighted by Gasteiger charge is -2.03. The van der Waals surface area contributed by atoms with Crippen LogP contribution in [0, 0.1) is 0 Å². The number of halogens is 2. The third-order valence-corrected chi connectivity index (χ3v) is 4.72. The largest absolute Gasteiger partial charge is 0.544 e. The number of aromatic nitrogens is 3. The number of imidazole rings is 1. The maximum atomic E-state index is 12.1. The minimum atomic E-state index is -1.43. The summed E-state index contributed by atoms with van der Waals surface area (Å²) >= 11 is 12.6. The molecule has 3 rings (SSSR count). The second-order valence-corrected chi connectivity index (χ2v) is 6.76. The van der Waals surface area contributed by atoms with Crippen molar-refractivity contribution >= 4 is 51.9 Å². The molecule has 0 unspecified atom stereocenters. The van der Waals surface area contributed by atoms with E-state index in [2.05, 4.69) is 4.98 Å². The number of fused-ring (bicyclic) bond motifs is 1. The molecule has 0 saturated heterocycles. The first-order valence-corrected chi connectivity index (χ1v) is 8.33. The van der Waals surface area contributed by atoms with Crippen molar-refractivity contribution < 1.29 is 24.2 Å². The van der Waals surface area contributed by atoms with Gasteiger partial charge in [-0.15, -0.1) is 22.9 Å². The Labute approximate surface area is 149 Å². The van der Waals surface area contributed by atoms with Crippen LogP contribution in [0.5, 0.6) is 5.88 Å². The van der Waals surface area contributed by atoms with E-state index in [1.54, 1.807) is 0 Å². The molecule has 0 atom stereocenters. The van der Waals surface area contributed by atoms with Gasteiger partial charge in [-0.05, 0) is 12.1 Å². The second kappa shape index (κ2) is 6.39. The molecule has 0 aliphatic carbocycles. The molecule has 0 aliphatic heterocycles. The third kappa shape index (κ3) is 2.72. The fourth-order valence-corrected chi connectivity index (χ4v) is 3.53. The molecule has 0 amide bonds. The molecule has 1 N–H and O–H groups in total. The summed E-state index contributed by atoms with van der Waals surface area (Å²) in [6.07, 6.45) is 2.98. The Kier molecular flexibility index (Phi) is 4.44. The first kappa shape index (κ1) is 16.7. The number of ketones is 1. The molecule has 0 bridgehead atoms. The summed E-state index contributed by atoms with van der Waals surface area (Å²) in [7, 11) is 0. The van der Waals surface area contributed by atoms with Crippen LogP contribution in [0.3, 0.4) is 0 Å². The zero-order chi connectivity index (χ0) is 17.4. The molecule has 0 radical (unpaired) electrons. The molecular formula is C14H9Cl2N3O4S. The van der Waals surface area contributed by atoms with Gasteiger partial charge < -0.3 is 15.0 Å². The van der Waals surface area contributed by atoms with Crippen LogP contribution in [-0.4, -0.2) is 32.3 Å². The molecule has 10 heteroatoms. The fraction of sp³-hybridized carbons (Fsp3) is 0.143. The molecular weight excluding hydrogens is 377 g/mol. The maximum absolute atomic E-state index is 12.1. The molecule has 24 heavy (non-hydrogen) atoms. The van der Waals surface area contributed by atoms with E-state index in [9.17, 15) is 19.8 Å². The highest BCUT2D eigenvalue weighted by molar-refractivity contribution is 7.15. The fourth-order valence-electron chi connectivity index (χ4n) is 2.44. The number of nitrogens with zero attached hydrogens (tertiary/aromatic N) is 3. The maximum Gasteiger partial charge on any atom is 0.335 e. The minimum Gasteiger partial charge on any atom is -0.544 e. The van der Waals surface area contributed by atoms with Gasteiger partial charge in [0.1, 0.15) is 6.54 Å². The van der Waals surface area contributed by atoms with Crippen molar-refractivity contribution in [1.29, 1.82) is 0 Å². The van der Waals surface area contributed by atoms with Gasteiger partial charge in [0.05, 0.1) is 28.5 Å². The van der Waals surface area contributed by atoms with Crippen molar-refractivity contribution in [3.05, 3.63) is 45.1 Å². The van der Waals surface area contributed by atoms with Gasteiger partial charge in [-0.2, -0.15) is 8.97 Å². The van der Waals surface area contributed by atoms with Crippen molar-refractivity contribution in [2.75, 3.05) is 5.88 Å². The van der Waals surface area contributed by atoms with Crippen LogP contribution in [0.25, 0.3) is 5.65 Å². The van der Waals surface area contributed by atoms with E-state index >= 15 is 0 Å². The number of Topliss-reactive ketones (excluding diaryl/α,β-unsaturated/α-hetero) is 1. The van der Waals surface area contributed by atoms with Crippen LogP contribution in [-0.2, 0) is 6.54 Å². The Morgan fingerprint density at radius 2 is 2.21 bits per heavy atom. The highest BCUT2D eigenvalue weighted by Crippen LogP contribution is 2.26. The Morgan fingerprint density at radius 3 is 2.79 bits per heavy atom. The highest BCUT2D eigenvalue weighted by atomic mass is 35.5. The number of carboxylic acids is 1. The van der Waals surface area contributed by atoms with E-state index in [4.69, 9.17) is 23.2 Å². The average molecular weight is 386 g/mol. The van der Waals surface area contributed by atoms with Gasteiger partial charge in [0.25, 0.3) is 11.3 Å². The van der Waals surface area contributed by atoms with E-state index < -0.39 is 11.8 Å². The van der Waals surface area contributed by atoms with Crippen LogP contribution in [0.2, 0.25) is 4.47 Å². The number of carbonyl (C=O) groups is 2. The van der Waals surface area contributed by atoms with Gasteiger partial charge in [0, 0.05) is 6.20 Å². The summed E-state index contributed by atoms with van der Waals surface area (Å²) in [4.78, 5) is 28.1. The van der Waals surface area contributed by atoms with Gasteiger partial charge in [-0.3, -0.25) is 4.79 Å². The van der Waals surface area contributed by atoms with Crippen molar-refractivity contribution in [3.63, 3.8) is 0 Å². The van der Waals surface area contributed by atoms with E-state index in [0.717, 1.165) is 0 Å². The predicted molar refractivity (Wildman–Crippen MR) is 84.9 cm³/mol. The number of aromatic carboxylic acids is 1. The number of hydrogen-bond donors (Lipinski definition) is 1. The Bertz CT molecular complexity index is 966. The summed E-state index contributed by atoms with van der Waals surface area (Å²) in [6, 6.07) is 2.77. The SMILES string of the molecule is O=C([O-])c1ccc[n+]2c(C(=O)CCl)c(O)n(Cc3cnc(Cl)s3)c12. The smallest absolute Gasteiger partial charge is 0.335 e. The lowest BCUT2D eigenvalue weighted by Crippen LogP contribution is -2.32. The first-order chi connectivity index (χ1) is 11.4. The average Bonchev–Trinajstić information content (AvgIpc) is 3.08.